The van der Waals surface area contributed by atoms with Gasteiger partial charge in [0, 0.05) is 25.3 Å². The van der Waals surface area contributed by atoms with Crippen molar-refractivity contribution in [3.05, 3.63) is 76.3 Å². The van der Waals surface area contributed by atoms with Gasteiger partial charge in [-0.1, -0.05) is 35.9 Å². The van der Waals surface area contributed by atoms with Crippen LogP contribution in [0.3, 0.4) is 0 Å². The van der Waals surface area contributed by atoms with Crippen LogP contribution in [0.1, 0.15) is 61.5 Å². The fourth-order valence-electron chi connectivity index (χ4n) is 5.86. The molecule has 1 aliphatic carbocycles. The van der Waals surface area contributed by atoms with Crippen molar-refractivity contribution in [1.82, 2.24) is 14.7 Å². The molecule has 0 bridgehead atoms. The lowest BCUT2D eigenvalue weighted by Gasteiger charge is -2.46. The summed E-state index contributed by atoms with van der Waals surface area (Å²) in [7, 11) is 0. The SMILES string of the molecule is CC1c2nn(C3CC3)cc2N(Cc2ccccc2C(F)(F)F)C(=O)N1C1CCN(c2c(F)cccc2Cl)CC1. The Morgan fingerprint density at radius 3 is 2.38 bits per heavy atom. The number of hydrogen-bond donors (Lipinski definition) is 0. The summed E-state index contributed by atoms with van der Waals surface area (Å²) in [6.45, 7) is 2.68. The molecule has 3 aliphatic rings. The van der Waals surface area contributed by atoms with E-state index in [1.807, 2.05) is 16.5 Å². The highest BCUT2D eigenvalue weighted by Crippen LogP contribution is 2.44. The maximum Gasteiger partial charge on any atom is 0.416 e. The van der Waals surface area contributed by atoms with Gasteiger partial charge in [0.25, 0.3) is 0 Å². The van der Waals surface area contributed by atoms with Gasteiger partial charge in [-0.05, 0) is 56.4 Å². The standard InChI is InChI=1S/C28H28ClF4N5O/c1-17-25-24(16-37(34-25)19-9-10-19)36(15-18-5-2-3-6-21(18)28(31,32)33)27(39)38(17)20-11-13-35(14-12-20)26-22(29)7-4-8-23(26)30/h2-8,16-17,19-20H,9-15H2,1H3. The number of carbonyl (C=O) groups excluding carboxylic acids is 1. The quantitative estimate of drug-likeness (QED) is 0.309. The highest BCUT2D eigenvalue weighted by molar-refractivity contribution is 6.33. The van der Waals surface area contributed by atoms with Crippen molar-refractivity contribution in [3.8, 4) is 0 Å². The number of rotatable bonds is 5. The molecular weight excluding hydrogens is 534 g/mol. The largest absolute Gasteiger partial charge is 0.416 e. The van der Waals surface area contributed by atoms with E-state index in [4.69, 9.17) is 16.7 Å². The van der Waals surface area contributed by atoms with Gasteiger partial charge in [0.2, 0.25) is 0 Å². The lowest BCUT2D eigenvalue weighted by Crippen LogP contribution is -2.55. The van der Waals surface area contributed by atoms with Gasteiger partial charge in [-0.2, -0.15) is 18.3 Å². The number of amides is 2. The average Bonchev–Trinajstić information content (AvgIpc) is 3.65. The van der Waals surface area contributed by atoms with Gasteiger partial charge in [0.15, 0.2) is 0 Å². The molecule has 2 aliphatic heterocycles. The molecule has 0 spiro atoms. The third kappa shape index (κ3) is 4.73. The van der Waals surface area contributed by atoms with Crippen molar-refractivity contribution in [2.45, 2.75) is 63.5 Å². The van der Waals surface area contributed by atoms with Crippen LogP contribution >= 0.6 is 11.6 Å². The Morgan fingerprint density at radius 1 is 1.00 bits per heavy atom. The summed E-state index contributed by atoms with van der Waals surface area (Å²) in [4.78, 5) is 19.1. The van der Waals surface area contributed by atoms with E-state index in [0.29, 0.717) is 48.0 Å². The van der Waals surface area contributed by atoms with Crippen molar-refractivity contribution in [2.75, 3.05) is 22.9 Å². The van der Waals surface area contributed by atoms with Crippen molar-refractivity contribution in [1.29, 1.82) is 0 Å². The fourth-order valence-corrected chi connectivity index (χ4v) is 6.14. The van der Waals surface area contributed by atoms with Gasteiger partial charge in [-0.15, -0.1) is 0 Å². The first kappa shape index (κ1) is 26.0. The number of carbonyl (C=O) groups is 1. The van der Waals surface area contributed by atoms with Gasteiger partial charge in [0.1, 0.15) is 11.5 Å². The first-order chi connectivity index (χ1) is 18.6. The van der Waals surface area contributed by atoms with Crippen molar-refractivity contribution in [2.24, 2.45) is 0 Å². The number of halogens is 5. The molecule has 0 radical (unpaired) electrons. The molecule has 2 fully saturated rings. The van der Waals surface area contributed by atoms with E-state index in [1.165, 1.54) is 23.1 Å². The Kier molecular flexibility index (Phi) is 6.48. The fraction of sp³-hybridized carbons (Fsp3) is 0.429. The number of anilines is 2. The van der Waals surface area contributed by atoms with Gasteiger partial charge in [0.05, 0.1) is 40.6 Å². The Morgan fingerprint density at radius 2 is 1.72 bits per heavy atom. The summed E-state index contributed by atoms with van der Waals surface area (Å²) in [5.41, 5.74) is 0.872. The highest BCUT2D eigenvalue weighted by Gasteiger charge is 2.44. The van der Waals surface area contributed by atoms with Crippen LogP contribution in [0.4, 0.5) is 33.7 Å². The molecule has 11 heteroatoms. The van der Waals surface area contributed by atoms with Crippen LogP contribution in [0, 0.1) is 5.82 Å². The van der Waals surface area contributed by atoms with E-state index >= 15 is 0 Å². The third-order valence-corrected chi connectivity index (χ3v) is 8.28. The van der Waals surface area contributed by atoms with Gasteiger partial charge >= 0.3 is 12.2 Å². The Balaban J connectivity index is 1.31. The van der Waals surface area contributed by atoms with Gasteiger partial charge in [-0.3, -0.25) is 9.58 Å². The summed E-state index contributed by atoms with van der Waals surface area (Å²) >= 11 is 6.28. The minimum atomic E-state index is -4.54. The zero-order valence-electron chi connectivity index (χ0n) is 21.3. The molecule has 6 rings (SSSR count). The summed E-state index contributed by atoms with van der Waals surface area (Å²) in [6, 6.07) is 9.32. The van der Waals surface area contributed by atoms with E-state index in [2.05, 4.69) is 0 Å². The monoisotopic (exact) mass is 561 g/mol. The summed E-state index contributed by atoms with van der Waals surface area (Å²) in [5, 5.41) is 5.14. The number of hydrogen-bond acceptors (Lipinski definition) is 3. The summed E-state index contributed by atoms with van der Waals surface area (Å²) in [6.07, 6.45) is 0.363. The van der Waals surface area contributed by atoms with Crippen LogP contribution in [0.25, 0.3) is 0 Å². The first-order valence-electron chi connectivity index (χ1n) is 13.2. The minimum absolute atomic E-state index is 0.0296. The van der Waals surface area contributed by atoms with Crippen molar-refractivity contribution < 1.29 is 22.4 Å². The summed E-state index contributed by atoms with van der Waals surface area (Å²) < 4.78 is 57.8. The molecule has 2 amide bonds. The van der Waals surface area contributed by atoms with Crippen LogP contribution < -0.4 is 9.80 Å². The second kappa shape index (κ2) is 9.73. The predicted octanol–water partition coefficient (Wildman–Crippen LogP) is 7.20. The lowest BCUT2D eigenvalue weighted by molar-refractivity contribution is -0.138. The molecule has 39 heavy (non-hydrogen) atoms. The maximum absolute atomic E-state index is 14.5. The number of fused-ring (bicyclic) bond motifs is 1. The van der Waals surface area contributed by atoms with E-state index in [0.717, 1.165) is 18.9 Å². The second-order valence-corrected chi connectivity index (χ2v) is 10.9. The van der Waals surface area contributed by atoms with Crippen molar-refractivity contribution >= 4 is 29.0 Å². The zero-order valence-corrected chi connectivity index (χ0v) is 22.1. The molecule has 1 saturated heterocycles. The number of aromatic nitrogens is 2. The number of urea groups is 1. The summed E-state index contributed by atoms with van der Waals surface area (Å²) in [5.74, 6) is -0.395. The number of para-hydroxylation sites is 1. The van der Waals surface area contributed by atoms with Crippen LogP contribution in [-0.4, -0.2) is 39.8 Å². The molecule has 3 heterocycles. The zero-order chi connectivity index (χ0) is 27.5. The number of piperidine rings is 1. The number of alkyl halides is 3. The molecule has 1 atom stereocenters. The first-order valence-corrected chi connectivity index (χ1v) is 13.5. The second-order valence-electron chi connectivity index (χ2n) is 10.5. The topological polar surface area (TPSA) is 44.6 Å². The van der Waals surface area contributed by atoms with Crippen LogP contribution in [0.2, 0.25) is 5.02 Å². The Hall–Kier alpha value is -3.27. The van der Waals surface area contributed by atoms with Crippen LogP contribution in [0.5, 0.6) is 0 Å². The van der Waals surface area contributed by atoms with Crippen LogP contribution in [0.15, 0.2) is 48.7 Å². The van der Waals surface area contributed by atoms with E-state index in [9.17, 15) is 22.4 Å². The smallest absolute Gasteiger partial charge is 0.368 e. The maximum atomic E-state index is 14.5. The molecule has 3 aromatic rings. The van der Waals surface area contributed by atoms with E-state index in [-0.39, 0.29) is 36.3 Å². The molecule has 1 unspecified atom stereocenters. The third-order valence-electron chi connectivity index (χ3n) is 7.98. The lowest BCUT2D eigenvalue weighted by atomic mass is 9.97. The number of benzene rings is 2. The average molecular weight is 562 g/mol. The normalized spacial score (nSPS) is 20.5. The predicted molar refractivity (Wildman–Crippen MR) is 140 cm³/mol. The molecule has 1 saturated carbocycles. The minimum Gasteiger partial charge on any atom is -0.368 e. The molecular formula is C28H28ClF4N5O. The Labute approximate surface area is 228 Å². The molecule has 2 aromatic carbocycles. The van der Waals surface area contributed by atoms with Crippen LogP contribution in [-0.2, 0) is 12.7 Å². The van der Waals surface area contributed by atoms with Gasteiger partial charge in [-0.25, -0.2) is 9.18 Å². The van der Waals surface area contributed by atoms with Crippen molar-refractivity contribution in [3.63, 3.8) is 0 Å². The van der Waals surface area contributed by atoms with E-state index < -0.39 is 17.6 Å². The highest BCUT2D eigenvalue weighted by atomic mass is 35.5. The Bertz CT molecular complexity index is 1380. The molecule has 0 N–H and O–H groups in total. The molecule has 6 nitrogen and oxygen atoms in total. The van der Waals surface area contributed by atoms with Gasteiger partial charge < -0.3 is 9.80 Å². The molecule has 206 valence electrons. The number of nitrogens with zero attached hydrogens (tertiary/aromatic N) is 5. The van der Waals surface area contributed by atoms with E-state index in [1.54, 1.807) is 29.3 Å². The molecule has 1 aromatic heterocycles.